The maximum atomic E-state index is 11.3. The van der Waals surface area contributed by atoms with Crippen molar-refractivity contribution in [2.24, 2.45) is 0 Å². The fourth-order valence-corrected chi connectivity index (χ4v) is 1.41. The summed E-state index contributed by atoms with van der Waals surface area (Å²) in [6.45, 7) is 2.57. The van der Waals surface area contributed by atoms with Gasteiger partial charge in [-0.15, -0.1) is 12.3 Å². The molecule has 0 saturated carbocycles. The Balaban J connectivity index is 2.58. The molecule has 18 heavy (non-hydrogen) atoms. The highest BCUT2D eigenvalue weighted by atomic mass is 16.5. The van der Waals surface area contributed by atoms with Crippen molar-refractivity contribution in [1.29, 1.82) is 0 Å². The van der Waals surface area contributed by atoms with Gasteiger partial charge in [0.25, 0.3) is 0 Å². The number of ether oxygens (including phenoxy) is 1. The first-order chi connectivity index (χ1) is 8.67. The summed E-state index contributed by atoms with van der Waals surface area (Å²) >= 11 is 0. The molecular formula is C13H17N3O2. The van der Waals surface area contributed by atoms with Crippen molar-refractivity contribution in [2.45, 2.75) is 26.2 Å². The lowest BCUT2D eigenvalue weighted by atomic mass is 10.2. The third-order valence-corrected chi connectivity index (χ3v) is 2.28. The Morgan fingerprint density at radius 2 is 2.28 bits per heavy atom. The second-order valence-electron chi connectivity index (χ2n) is 3.80. The standard InChI is InChI=1S/C13H17N3O2/c1-4-5-6-7-8-14-11-9-10(2)15-12(16-11)13(17)18-3/h1,9H,5-8H2,2-3H3,(H,14,15,16). The van der Waals surface area contributed by atoms with E-state index >= 15 is 0 Å². The number of esters is 1. The Morgan fingerprint density at radius 3 is 2.94 bits per heavy atom. The molecule has 1 N–H and O–H groups in total. The number of nitrogens with zero attached hydrogens (tertiary/aromatic N) is 2. The smallest absolute Gasteiger partial charge is 0.376 e. The van der Waals surface area contributed by atoms with Crippen LogP contribution in [0.25, 0.3) is 0 Å². The van der Waals surface area contributed by atoms with E-state index in [-0.39, 0.29) is 5.82 Å². The van der Waals surface area contributed by atoms with E-state index in [0.29, 0.717) is 5.82 Å². The average molecular weight is 247 g/mol. The Hall–Kier alpha value is -2.09. The summed E-state index contributed by atoms with van der Waals surface area (Å²) in [5, 5.41) is 3.14. The fraction of sp³-hybridized carbons (Fsp3) is 0.462. The molecule has 5 nitrogen and oxygen atoms in total. The molecule has 1 aromatic rings. The highest BCUT2D eigenvalue weighted by Crippen LogP contribution is 2.07. The molecule has 0 atom stereocenters. The van der Waals surface area contributed by atoms with Gasteiger partial charge in [-0.1, -0.05) is 0 Å². The van der Waals surface area contributed by atoms with Crippen LogP contribution in [0.1, 0.15) is 35.6 Å². The van der Waals surface area contributed by atoms with Gasteiger partial charge in [0.05, 0.1) is 7.11 Å². The Bertz CT molecular complexity index is 452. The van der Waals surface area contributed by atoms with Crippen LogP contribution in [0.15, 0.2) is 6.07 Å². The minimum atomic E-state index is -0.533. The number of carbonyl (C=O) groups is 1. The maximum Gasteiger partial charge on any atom is 0.376 e. The molecule has 0 bridgehead atoms. The molecule has 0 aliphatic rings. The first-order valence-electron chi connectivity index (χ1n) is 5.78. The normalized spacial score (nSPS) is 9.61. The number of hydrogen-bond donors (Lipinski definition) is 1. The molecule has 96 valence electrons. The lowest BCUT2D eigenvalue weighted by Gasteiger charge is -2.07. The molecule has 0 aromatic carbocycles. The first-order valence-corrected chi connectivity index (χ1v) is 5.78. The van der Waals surface area contributed by atoms with E-state index in [1.54, 1.807) is 13.0 Å². The third-order valence-electron chi connectivity index (χ3n) is 2.28. The number of nitrogens with one attached hydrogen (secondary N) is 1. The van der Waals surface area contributed by atoms with E-state index in [9.17, 15) is 4.79 Å². The summed E-state index contributed by atoms with van der Waals surface area (Å²) in [7, 11) is 1.31. The van der Waals surface area contributed by atoms with Gasteiger partial charge in [-0.3, -0.25) is 0 Å². The predicted molar refractivity (Wildman–Crippen MR) is 69.3 cm³/mol. The zero-order valence-corrected chi connectivity index (χ0v) is 10.7. The first kappa shape index (κ1) is 14.0. The van der Waals surface area contributed by atoms with Crippen molar-refractivity contribution < 1.29 is 9.53 Å². The summed E-state index contributed by atoms with van der Waals surface area (Å²) < 4.78 is 4.59. The number of methoxy groups -OCH3 is 1. The number of rotatable bonds is 6. The number of aromatic nitrogens is 2. The van der Waals surface area contributed by atoms with E-state index in [2.05, 4.69) is 25.9 Å². The van der Waals surface area contributed by atoms with Gasteiger partial charge in [-0.2, -0.15) is 0 Å². The summed E-state index contributed by atoms with van der Waals surface area (Å²) in [6.07, 6.45) is 7.87. The van der Waals surface area contributed by atoms with E-state index in [0.717, 1.165) is 31.5 Å². The molecule has 1 aromatic heterocycles. The van der Waals surface area contributed by atoms with Gasteiger partial charge in [-0.25, -0.2) is 14.8 Å². The number of terminal acetylenes is 1. The maximum absolute atomic E-state index is 11.3. The van der Waals surface area contributed by atoms with Crippen LogP contribution in [0, 0.1) is 19.3 Å². The second-order valence-corrected chi connectivity index (χ2v) is 3.80. The molecule has 0 saturated heterocycles. The number of carbonyl (C=O) groups excluding carboxylic acids is 1. The number of anilines is 1. The van der Waals surface area contributed by atoms with Crippen LogP contribution < -0.4 is 5.32 Å². The van der Waals surface area contributed by atoms with Gasteiger partial charge in [0.2, 0.25) is 5.82 Å². The SMILES string of the molecule is C#CCCCCNc1cc(C)nc(C(=O)OC)n1. The van der Waals surface area contributed by atoms with Crippen LogP contribution in [0.5, 0.6) is 0 Å². The van der Waals surface area contributed by atoms with Crippen LogP contribution >= 0.6 is 0 Å². The number of unbranched alkanes of at least 4 members (excludes halogenated alkanes) is 2. The van der Waals surface area contributed by atoms with Crippen molar-refractivity contribution >= 4 is 11.8 Å². The Morgan fingerprint density at radius 1 is 1.50 bits per heavy atom. The minimum Gasteiger partial charge on any atom is -0.463 e. The molecule has 0 amide bonds. The number of aryl methyl sites for hydroxylation is 1. The summed E-state index contributed by atoms with van der Waals surface area (Å²) in [4.78, 5) is 19.4. The third kappa shape index (κ3) is 4.42. The molecule has 0 aliphatic heterocycles. The van der Waals surface area contributed by atoms with Crippen molar-refractivity contribution in [3.05, 3.63) is 17.6 Å². The number of hydrogen-bond acceptors (Lipinski definition) is 5. The largest absolute Gasteiger partial charge is 0.463 e. The second kappa shape index (κ2) is 7.28. The van der Waals surface area contributed by atoms with Crippen LogP contribution in [0.3, 0.4) is 0 Å². The van der Waals surface area contributed by atoms with Crippen molar-refractivity contribution in [1.82, 2.24) is 9.97 Å². The summed E-state index contributed by atoms with van der Waals surface area (Å²) in [5.41, 5.74) is 0.719. The zero-order valence-electron chi connectivity index (χ0n) is 10.7. The highest BCUT2D eigenvalue weighted by Gasteiger charge is 2.10. The van der Waals surface area contributed by atoms with E-state index < -0.39 is 5.97 Å². The van der Waals surface area contributed by atoms with Crippen molar-refractivity contribution in [3.8, 4) is 12.3 Å². The van der Waals surface area contributed by atoms with Crippen LogP contribution in [0.4, 0.5) is 5.82 Å². The predicted octanol–water partition coefficient (Wildman–Crippen LogP) is 1.79. The molecule has 1 rings (SSSR count). The van der Waals surface area contributed by atoms with Gasteiger partial charge >= 0.3 is 5.97 Å². The Kier molecular flexibility index (Phi) is 5.65. The van der Waals surface area contributed by atoms with Crippen LogP contribution in [-0.2, 0) is 4.74 Å². The quantitative estimate of drug-likeness (QED) is 0.471. The van der Waals surface area contributed by atoms with Gasteiger partial charge < -0.3 is 10.1 Å². The molecule has 0 radical (unpaired) electrons. The Labute approximate surface area is 107 Å². The molecule has 0 spiro atoms. The topological polar surface area (TPSA) is 64.1 Å². The highest BCUT2D eigenvalue weighted by molar-refractivity contribution is 5.85. The minimum absolute atomic E-state index is 0.0728. The van der Waals surface area contributed by atoms with E-state index in [4.69, 9.17) is 6.42 Å². The van der Waals surface area contributed by atoms with Crippen LogP contribution in [-0.4, -0.2) is 29.6 Å². The summed E-state index contributed by atoms with van der Waals surface area (Å²) in [5.74, 6) is 2.76. The molecule has 1 heterocycles. The lowest BCUT2D eigenvalue weighted by Crippen LogP contribution is -2.11. The fourth-order valence-electron chi connectivity index (χ4n) is 1.41. The van der Waals surface area contributed by atoms with E-state index in [1.165, 1.54) is 7.11 Å². The van der Waals surface area contributed by atoms with E-state index in [1.807, 2.05) is 0 Å². The molecule has 0 unspecified atom stereocenters. The average Bonchev–Trinajstić information content (AvgIpc) is 2.37. The zero-order chi connectivity index (χ0) is 13.4. The molecule has 0 fully saturated rings. The lowest BCUT2D eigenvalue weighted by molar-refractivity contribution is 0.0586. The van der Waals surface area contributed by atoms with Gasteiger partial charge in [0.15, 0.2) is 0 Å². The molecule has 5 heteroatoms. The molecular weight excluding hydrogens is 230 g/mol. The molecule has 0 aliphatic carbocycles. The van der Waals surface area contributed by atoms with Gasteiger partial charge in [0, 0.05) is 24.7 Å². The monoisotopic (exact) mass is 247 g/mol. The van der Waals surface area contributed by atoms with Gasteiger partial charge in [0.1, 0.15) is 5.82 Å². The van der Waals surface area contributed by atoms with Gasteiger partial charge in [-0.05, 0) is 19.8 Å². The van der Waals surface area contributed by atoms with Crippen molar-refractivity contribution in [2.75, 3.05) is 19.0 Å². The summed E-state index contributed by atoms with van der Waals surface area (Å²) in [6, 6.07) is 1.79. The van der Waals surface area contributed by atoms with Crippen LogP contribution in [0.2, 0.25) is 0 Å². The van der Waals surface area contributed by atoms with Crippen molar-refractivity contribution in [3.63, 3.8) is 0 Å².